The summed E-state index contributed by atoms with van der Waals surface area (Å²) >= 11 is 0. The summed E-state index contributed by atoms with van der Waals surface area (Å²) in [5.74, 6) is -1.47. The maximum absolute atomic E-state index is 13.5. The molecule has 0 heterocycles. The van der Waals surface area contributed by atoms with E-state index in [1.165, 1.54) is 6.07 Å². The Bertz CT molecular complexity index is 693. The van der Waals surface area contributed by atoms with Crippen LogP contribution in [0.4, 0.5) is 13.6 Å². The number of ether oxygens (including phenoxy) is 1. The van der Waals surface area contributed by atoms with Crippen LogP contribution in [-0.2, 0) is 6.54 Å². The van der Waals surface area contributed by atoms with E-state index in [2.05, 4.69) is 5.32 Å². The Morgan fingerprint density at radius 1 is 1.16 bits per heavy atom. The second-order valence-electron chi connectivity index (χ2n) is 5.86. The summed E-state index contributed by atoms with van der Waals surface area (Å²) in [6, 6.07) is 12.6. The highest BCUT2D eigenvalue weighted by Gasteiger charge is 2.16. The minimum atomic E-state index is -0.765. The molecule has 0 spiro atoms. The van der Waals surface area contributed by atoms with E-state index in [9.17, 15) is 13.6 Å². The molecule has 2 aromatic carbocycles. The first kappa shape index (κ1) is 18.7. The lowest BCUT2D eigenvalue weighted by atomic mass is 10.2. The van der Waals surface area contributed by atoms with Gasteiger partial charge >= 0.3 is 6.03 Å². The maximum atomic E-state index is 13.5. The first-order valence-electron chi connectivity index (χ1n) is 8.13. The van der Waals surface area contributed by atoms with Gasteiger partial charge in [0, 0.05) is 18.7 Å². The second kappa shape index (κ2) is 9.01. The van der Waals surface area contributed by atoms with Crippen molar-refractivity contribution < 1.29 is 18.3 Å². The Balaban J connectivity index is 1.82. The van der Waals surface area contributed by atoms with Gasteiger partial charge in [-0.05, 0) is 31.5 Å². The van der Waals surface area contributed by atoms with E-state index < -0.39 is 11.6 Å². The van der Waals surface area contributed by atoms with E-state index in [0.717, 1.165) is 17.7 Å². The van der Waals surface area contributed by atoms with Gasteiger partial charge in [0.15, 0.2) is 11.6 Å². The molecule has 0 saturated carbocycles. The number of nitrogens with one attached hydrogen (secondary N) is 1. The number of rotatable bonds is 7. The molecular weight excluding hydrogens is 326 g/mol. The van der Waals surface area contributed by atoms with E-state index >= 15 is 0 Å². The number of amides is 2. The molecule has 0 aliphatic heterocycles. The van der Waals surface area contributed by atoms with E-state index in [-0.39, 0.29) is 31.0 Å². The van der Waals surface area contributed by atoms with E-state index in [4.69, 9.17) is 4.74 Å². The molecule has 0 bridgehead atoms. The number of halogens is 2. The number of benzene rings is 2. The van der Waals surface area contributed by atoms with Gasteiger partial charge < -0.3 is 15.0 Å². The number of nitrogens with zero attached hydrogens (tertiary/aromatic N) is 1. The van der Waals surface area contributed by atoms with Gasteiger partial charge in [0.1, 0.15) is 12.4 Å². The topological polar surface area (TPSA) is 41.6 Å². The van der Waals surface area contributed by atoms with Crippen molar-refractivity contribution >= 4 is 6.03 Å². The van der Waals surface area contributed by atoms with Crippen LogP contribution in [0.15, 0.2) is 48.5 Å². The third-order valence-electron chi connectivity index (χ3n) is 3.61. The monoisotopic (exact) mass is 348 g/mol. The van der Waals surface area contributed by atoms with Crippen molar-refractivity contribution in [3.63, 3.8) is 0 Å². The molecule has 2 aromatic rings. The maximum Gasteiger partial charge on any atom is 0.318 e. The van der Waals surface area contributed by atoms with Gasteiger partial charge in [0.25, 0.3) is 0 Å². The van der Waals surface area contributed by atoms with Gasteiger partial charge in [-0.15, -0.1) is 0 Å². The van der Waals surface area contributed by atoms with Crippen LogP contribution in [0.5, 0.6) is 5.75 Å². The predicted octanol–water partition coefficient (Wildman–Crippen LogP) is 3.96. The molecule has 4 nitrogen and oxygen atoms in total. The lowest BCUT2D eigenvalue weighted by Crippen LogP contribution is -2.44. The Kier molecular flexibility index (Phi) is 6.74. The van der Waals surface area contributed by atoms with E-state index in [1.807, 2.05) is 44.2 Å². The lowest BCUT2D eigenvalue weighted by molar-refractivity contribution is 0.177. The zero-order valence-electron chi connectivity index (χ0n) is 14.3. The van der Waals surface area contributed by atoms with Crippen LogP contribution >= 0.6 is 0 Å². The van der Waals surface area contributed by atoms with Crippen LogP contribution < -0.4 is 10.1 Å². The molecular formula is C19H22F2N2O2. The summed E-state index contributed by atoms with van der Waals surface area (Å²) in [5.41, 5.74) is 1.04. The Hall–Kier alpha value is -2.63. The molecule has 25 heavy (non-hydrogen) atoms. The predicted molar refractivity (Wildman–Crippen MR) is 92.4 cm³/mol. The normalized spacial score (nSPS) is 10.6. The first-order valence-corrected chi connectivity index (χ1v) is 8.13. The smallest absolute Gasteiger partial charge is 0.318 e. The number of carbonyl (C=O) groups excluding carboxylic acids is 1. The van der Waals surface area contributed by atoms with Crippen molar-refractivity contribution in [3.8, 4) is 5.75 Å². The van der Waals surface area contributed by atoms with Crippen LogP contribution in [0.1, 0.15) is 19.4 Å². The van der Waals surface area contributed by atoms with E-state index in [1.54, 1.807) is 4.90 Å². The Labute approximate surface area is 146 Å². The average molecular weight is 348 g/mol. The zero-order valence-corrected chi connectivity index (χ0v) is 14.3. The highest BCUT2D eigenvalue weighted by Crippen LogP contribution is 2.17. The van der Waals surface area contributed by atoms with E-state index in [0.29, 0.717) is 6.54 Å². The molecule has 0 atom stereocenters. The highest BCUT2D eigenvalue weighted by molar-refractivity contribution is 5.74. The van der Waals surface area contributed by atoms with Gasteiger partial charge in [0.2, 0.25) is 0 Å². The Morgan fingerprint density at radius 3 is 2.52 bits per heavy atom. The third kappa shape index (κ3) is 5.74. The fourth-order valence-corrected chi connectivity index (χ4v) is 2.28. The summed E-state index contributed by atoms with van der Waals surface area (Å²) in [4.78, 5) is 14.0. The molecule has 0 aromatic heterocycles. The van der Waals surface area contributed by atoms with Crippen LogP contribution in [0.25, 0.3) is 0 Å². The number of hydrogen-bond acceptors (Lipinski definition) is 2. The summed E-state index contributed by atoms with van der Waals surface area (Å²) in [7, 11) is 0. The molecule has 1 N–H and O–H groups in total. The van der Waals surface area contributed by atoms with Crippen molar-refractivity contribution in [2.75, 3.05) is 13.2 Å². The third-order valence-corrected chi connectivity index (χ3v) is 3.61. The first-order chi connectivity index (χ1) is 12.0. The molecule has 0 fully saturated rings. The van der Waals surface area contributed by atoms with Gasteiger partial charge in [0.05, 0.1) is 6.54 Å². The van der Waals surface area contributed by atoms with Crippen molar-refractivity contribution in [1.29, 1.82) is 0 Å². The molecule has 0 radical (unpaired) electrons. The van der Waals surface area contributed by atoms with Gasteiger partial charge in [-0.2, -0.15) is 0 Å². The number of hydrogen-bond donors (Lipinski definition) is 1. The fourth-order valence-electron chi connectivity index (χ4n) is 2.28. The standard InChI is InChI=1S/C19H22F2N2O2/c1-14(2)23(13-15-6-4-3-5-7-15)19(24)22-10-11-25-18-9-8-16(20)12-17(18)21/h3-9,12,14H,10-11,13H2,1-2H3,(H,22,24). The van der Waals surface area contributed by atoms with Crippen LogP contribution in [-0.4, -0.2) is 30.1 Å². The van der Waals surface area contributed by atoms with Crippen molar-refractivity contribution in [3.05, 3.63) is 65.7 Å². The second-order valence-corrected chi connectivity index (χ2v) is 5.86. The van der Waals surface area contributed by atoms with Crippen molar-refractivity contribution in [1.82, 2.24) is 10.2 Å². The zero-order chi connectivity index (χ0) is 18.2. The molecule has 0 saturated heterocycles. The largest absolute Gasteiger partial charge is 0.489 e. The summed E-state index contributed by atoms with van der Waals surface area (Å²) in [6.07, 6.45) is 0. The molecule has 0 aliphatic carbocycles. The summed E-state index contributed by atoms with van der Waals surface area (Å²) in [6.45, 7) is 4.68. The van der Waals surface area contributed by atoms with Gasteiger partial charge in [-0.25, -0.2) is 13.6 Å². The SMILES string of the molecule is CC(C)N(Cc1ccccc1)C(=O)NCCOc1ccc(F)cc1F. The minimum absolute atomic E-state index is 0.0238. The van der Waals surface area contributed by atoms with Gasteiger partial charge in [-0.3, -0.25) is 0 Å². The minimum Gasteiger partial charge on any atom is -0.489 e. The van der Waals surface area contributed by atoms with Crippen LogP contribution in [0.3, 0.4) is 0 Å². The molecule has 2 rings (SSSR count). The van der Waals surface area contributed by atoms with Gasteiger partial charge in [-0.1, -0.05) is 30.3 Å². The summed E-state index contributed by atoms with van der Waals surface area (Å²) < 4.78 is 31.5. The average Bonchev–Trinajstić information content (AvgIpc) is 2.58. The lowest BCUT2D eigenvalue weighted by Gasteiger charge is -2.27. The quantitative estimate of drug-likeness (QED) is 0.770. The molecule has 0 unspecified atom stereocenters. The summed E-state index contributed by atoms with van der Waals surface area (Å²) in [5, 5.41) is 2.75. The molecule has 6 heteroatoms. The number of carbonyl (C=O) groups is 1. The molecule has 0 aliphatic rings. The number of urea groups is 1. The van der Waals surface area contributed by atoms with Crippen molar-refractivity contribution in [2.45, 2.75) is 26.4 Å². The van der Waals surface area contributed by atoms with Crippen LogP contribution in [0, 0.1) is 11.6 Å². The van der Waals surface area contributed by atoms with Crippen LogP contribution in [0.2, 0.25) is 0 Å². The molecule has 134 valence electrons. The highest BCUT2D eigenvalue weighted by atomic mass is 19.1. The van der Waals surface area contributed by atoms with Crippen molar-refractivity contribution in [2.24, 2.45) is 0 Å². The Morgan fingerprint density at radius 2 is 1.88 bits per heavy atom. The molecule has 2 amide bonds. The fraction of sp³-hybridized carbons (Fsp3) is 0.316.